The molecule has 33 heavy (non-hydrogen) atoms. The van der Waals surface area contributed by atoms with Crippen LogP contribution in [0.4, 0.5) is 9.52 Å². The summed E-state index contributed by atoms with van der Waals surface area (Å²) in [7, 11) is -4.76. The molecule has 0 saturated carbocycles. The van der Waals surface area contributed by atoms with Gasteiger partial charge in [-0.3, -0.25) is 14.3 Å². The van der Waals surface area contributed by atoms with Crippen molar-refractivity contribution in [3.63, 3.8) is 0 Å². The molecule has 178 valence electrons. The summed E-state index contributed by atoms with van der Waals surface area (Å²) in [6, 6.07) is 5.65. The summed E-state index contributed by atoms with van der Waals surface area (Å²) in [5.41, 5.74) is 0.192. The molecular formula is C19H21FN4O6S3. The Kier molecular flexibility index (Phi) is 7.48. The van der Waals surface area contributed by atoms with Gasteiger partial charge < -0.3 is 9.57 Å². The zero-order chi connectivity index (χ0) is 23.4. The Hall–Kier alpha value is -2.26. The zero-order valence-corrected chi connectivity index (χ0v) is 19.8. The highest BCUT2D eigenvalue weighted by molar-refractivity contribution is 7.89. The zero-order valence-electron chi connectivity index (χ0n) is 17.3. The monoisotopic (exact) mass is 516 g/mol. The van der Waals surface area contributed by atoms with Crippen molar-refractivity contribution < 1.29 is 31.4 Å². The molecule has 14 heteroatoms. The number of rotatable bonds is 7. The SMILES string of the molecule is O=C(Nc1ncc(F)s1)/C(=N/O[C@@H]1CCOC1)c1ccc(S(=O)(=O)N2CCS(=O)CC2)cc1. The van der Waals surface area contributed by atoms with Crippen LogP contribution in [0.25, 0.3) is 0 Å². The number of thiazole rings is 1. The van der Waals surface area contributed by atoms with E-state index in [-0.39, 0.29) is 34.9 Å². The molecule has 0 spiro atoms. The van der Waals surface area contributed by atoms with Crippen LogP contribution in [0.1, 0.15) is 12.0 Å². The van der Waals surface area contributed by atoms with Gasteiger partial charge >= 0.3 is 0 Å². The smallest absolute Gasteiger partial charge is 0.280 e. The molecule has 1 N–H and O–H groups in total. The van der Waals surface area contributed by atoms with Crippen molar-refractivity contribution in [3.8, 4) is 0 Å². The Morgan fingerprint density at radius 3 is 2.64 bits per heavy atom. The van der Waals surface area contributed by atoms with E-state index in [4.69, 9.17) is 9.57 Å². The molecule has 4 rings (SSSR count). The van der Waals surface area contributed by atoms with Gasteiger partial charge in [0.1, 0.15) is 0 Å². The minimum atomic E-state index is -3.76. The Morgan fingerprint density at radius 2 is 2.03 bits per heavy atom. The van der Waals surface area contributed by atoms with Crippen molar-refractivity contribution in [1.29, 1.82) is 0 Å². The summed E-state index contributed by atoms with van der Waals surface area (Å²) in [5.74, 6) is -0.0841. The highest BCUT2D eigenvalue weighted by Crippen LogP contribution is 2.20. The number of carbonyl (C=O) groups excluding carboxylic acids is 1. The first-order valence-electron chi connectivity index (χ1n) is 10.0. The number of hydrogen-bond donors (Lipinski definition) is 1. The van der Waals surface area contributed by atoms with Crippen molar-refractivity contribution in [2.24, 2.45) is 5.16 Å². The van der Waals surface area contributed by atoms with E-state index in [9.17, 15) is 21.8 Å². The second kappa shape index (κ2) is 10.3. The van der Waals surface area contributed by atoms with Gasteiger partial charge in [-0.25, -0.2) is 13.4 Å². The van der Waals surface area contributed by atoms with Gasteiger partial charge in [0.15, 0.2) is 22.1 Å². The van der Waals surface area contributed by atoms with Crippen molar-refractivity contribution in [1.82, 2.24) is 9.29 Å². The molecule has 2 aliphatic rings. The van der Waals surface area contributed by atoms with Crippen LogP contribution >= 0.6 is 11.3 Å². The number of hydrogen-bond acceptors (Lipinski definition) is 9. The van der Waals surface area contributed by atoms with Gasteiger partial charge in [0, 0.05) is 47.4 Å². The summed E-state index contributed by atoms with van der Waals surface area (Å²) in [5, 5.41) is 5.95. The van der Waals surface area contributed by atoms with Gasteiger partial charge in [-0.05, 0) is 12.1 Å². The number of halogens is 1. The largest absolute Gasteiger partial charge is 0.389 e. The molecule has 1 amide bonds. The number of nitrogens with zero attached hydrogens (tertiary/aromatic N) is 3. The number of ether oxygens (including phenoxy) is 1. The van der Waals surface area contributed by atoms with Crippen molar-refractivity contribution in [2.45, 2.75) is 17.4 Å². The quantitative estimate of drug-likeness (QED) is 0.432. The lowest BCUT2D eigenvalue weighted by Crippen LogP contribution is -2.41. The fourth-order valence-corrected chi connectivity index (χ4v) is 6.48. The molecule has 1 atom stereocenters. The van der Waals surface area contributed by atoms with Crippen molar-refractivity contribution in [3.05, 3.63) is 41.2 Å². The minimum absolute atomic E-state index is 0.0470. The lowest BCUT2D eigenvalue weighted by molar-refractivity contribution is -0.110. The number of oxime groups is 1. The minimum Gasteiger partial charge on any atom is -0.389 e. The molecule has 0 radical (unpaired) electrons. The van der Waals surface area contributed by atoms with E-state index in [1.807, 2.05) is 0 Å². The number of anilines is 1. The van der Waals surface area contributed by atoms with Crippen LogP contribution < -0.4 is 5.32 Å². The predicted molar refractivity (Wildman–Crippen MR) is 121 cm³/mol. The van der Waals surface area contributed by atoms with Crippen molar-refractivity contribution in [2.75, 3.05) is 43.1 Å². The average Bonchev–Trinajstić information content (AvgIpc) is 3.46. The van der Waals surface area contributed by atoms with E-state index in [0.717, 1.165) is 6.20 Å². The molecule has 3 heterocycles. The van der Waals surface area contributed by atoms with Crippen LogP contribution in [0.5, 0.6) is 0 Å². The molecule has 1 aromatic carbocycles. The standard InChI is InChI=1S/C19H21FN4O6S3/c20-16-11-21-19(31-16)22-18(25)17(23-30-14-5-8-29-12-14)13-1-3-15(4-2-13)33(27,28)24-6-9-32(26)10-7-24/h1-4,11,14H,5-10,12H2,(H,21,22,25)/b23-17+/t14-/m1/s1. The Bertz CT molecular complexity index is 1150. The second-order valence-electron chi connectivity index (χ2n) is 7.23. The molecular weight excluding hydrogens is 495 g/mol. The fraction of sp³-hybridized carbons (Fsp3) is 0.421. The summed E-state index contributed by atoms with van der Waals surface area (Å²) in [6.45, 7) is 1.24. The van der Waals surface area contributed by atoms with Gasteiger partial charge in [0.2, 0.25) is 10.0 Å². The highest BCUT2D eigenvalue weighted by Gasteiger charge is 2.28. The summed E-state index contributed by atoms with van der Waals surface area (Å²) in [6.07, 6.45) is 1.29. The number of benzene rings is 1. The van der Waals surface area contributed by atoms with Crippen LogP contribution in [0, 0.1) is 5.13 Å². The van der Waals surface area contributed by atoms with Crippen LogP contribution in [-0.2, 0) is 35.2 Å². The first-order chi connectivity index (χ1) is 15.8. The van der Waals surface area contributed by atoms with Crippen LogP contribution in [-0.4, -0.2) is 77.4 Å². The number of sulfonamides is 1. The number of nitrogens with one attached hydrogen (secondary N) is 1. The lowest BCUT2D eigenvalue weighted by Gasteiger charge is -2.25. The molecule has 0 unspecified atom stereocenters. The highest BCUT2D eigenvalue weighted by atomic mass is 32.2. The number of aromatic nitrogens is 1. The fourth-order valence-electron chi connectivity index (χ4n) is 3.21. The topological polar surface area (TPSA) is 127 Å². The van der Waals surface area contributed by atoms with E-state index in [1.165, 1.54) is 28.6 Å². The first kappa shape index (κ1) is 23.9. The van der Waals surface area contributed by atoms with Crippen LogP contribution in [0.2, 0.25) is 0 Å². The predicted octanol–water partition coefficient (Wildman–Crippen LogP) is 1.18. The van der Waals surface area contributed by atoms with Crippen molar-refractivity contribution >= 4 is 48.9 Å². The summed E-state index contributed by atoms with van der Waals surface area (Å²) in [4.78, 5) is 22.1. The first-order valence-corrected chi connectivity index (χ1v) is 13.8. The molecule has 0 bridgehead atoms. The molecule has 2 aromatic rings. The van der Waals surface area contributed by atoms with E-state index in [2.05, 4.69) is 15.5 Å². The maximum absolute atomic E-state index is 13.2. The number of carbonyl (C=O) groups is 1. The third kappa shape index (κ3) is 5.81. The van der Waals surface area contributed by atoms with Gasteiger partial charge in [-0.2, -0.15) is 8.70 Å². The molecule has 2 saturated heterocycles. The maximum atomic E-state index is 13.2. The second-order valence-corrected chi connectivity index (χ2v) is 11.8. The van der Waals surface area contributed by atoms with Gasteiger partial charge in [0.05, 0.1) is 24.3 Å². The third-order valence-electron chi connectivity index (χ3n) is 5.00. The molecule has 2 fully saturated rings. The van der Waals surface area contributed by atoms with E-state index >= 15 is 0 Å². The number of amides is 1. The van der Waals surface area contributed by atoms with Crippen LogP contribution in [0.15, 0.2) is 40.5 Å². The Morgan fingerprint density at radius 1 is 1.30 bits per heavy atom. The molecule has 1 aromatic heterocycles. The lowest BCUT2D eigenvalue weighted by atomic mass is 10.1. The van der Waals surface area contributed by atoms with Gasteiger partial charge in [0.25, 0.3) is 5.91 Å². The van der Waals surface area contributed by atoms with Crippen LogP contribution in [0.3, 0.4) is 0 Å². The summed E-state index contributed by atoms with van der Waals surface area (Å²) >= 11 is 0.662. The normalized spacial score (nSPS) is 20.6. The third-order valence-corrected chi connectivity index (χ3v) is 8.89. The van der Waals surface area contributed by atoms with E-state index < -0.39 is 31.9 Å². The van der Waals surface area contributed by atoms with E-state index in [0.29, 0.717) is 48.0 Å². The van der Waals surface area contributed by atoms with Gasteiger partial charge in [-0.15, -0.1) is 0 Å². The molecule has 2 aliphatic heterocycles. The van der Waals surface area contributed by atoms with E-state index in [1.54, 1.807) is 0 Å². The maximum Gasteiger partial charge on any atom is 0.280 e. The molecule has 10 nitrogen and oxygen atoms in total. The van der Waals surface area contributed by atoms with Gasteiger partial charge in [-0.1, -0.05) is 28.6 Å². The Balaban J connectivity index is 1.56. The average molecular weight is 517 g/mol. The summed E-state index contributed by atoms with van der Waals surface area (Å²) < 4.78 is 57.1. The Labute approximate surface area is 196 Å². The molecule has 0 aliphatic carbocycles.